The Labute approximate surface area is 191 Å². The Morgan fingerprint density at radius 3 is 2.61 bits per heavy atom. The molecule has 9 heteroatoms. The van der Waals surface area contributed by atoms with Crippen LogP contribution in [0.3, 0.4) is 0 Å². The number of hydrazone groups is 1. The molecule has 7 nitrogen and oxygen atoms in total. The molecule has 31 heavy (non-hydrogen) atoms. The number of thioether (sulfide) groups is 1. The van der Waals surface area contributed by atoms with Crippen LogP contribution in [0.1, 0.15) is 5.56 Å². The Bertz CT molecular complexity index is 1180. The van der Waals surface area contributed by atoms with Crippen molar-refractivity contribution < 1.29 is 4.79 Å². The van der Waals surface area contributed by atoms with Crippen LogP contribution < -0.4 is 5.43 Å². The predicted octanol–water partition coefficient (Wildman–Crippen LogP) is 4.33. The van der Waals surface area contributed by atoms with E-state index < -0.39 is 0 Å². The van der Waals surface area contributed by atoms with E-state index in [9.17, 15) is 4.79 Å². The smallest absolute Gasteiger partial charge is 0.250 e. The van der Waals surface area contributed by atoms with Gasteiger partial charge >= 0.3 is 0 Å². The number of benzene rings is 2. The fraction of sp³-hybridized carbons (Fsp3) is 0.0455. The van der Waals surface area contributed by atoms with Gasteiger partial charge in [0.1, 0.15) is 0 Å². The second kappa shape index (κ2) is 10.1. The number of hydrogen-bond acceptors (Lipinski definition) is 6. The standard InChI is InChI=1S/C22H17BrN6OS/c23-18-8-10-19(11-9-18)29-21(17-6-2-1-3-7-17)27-28-22(29)31-15-20(30)26-25-14-16-5-4-12-24-13-16/h1-14H,15H2,(H,26,30). The second-order valence-corrected chi connectivity index (χ2v) is 8.21. The van der Waals surface area contributed by atoms with E-state index in [2.05, 4.69) is 41.6 Å². The predicted molar refractivity (Wildman–Crippen MR) is 125 cm³/mol. The molecule has 1 amide bonds. The first-order chi connectivity index (χ1) is 15.2. The zero-order chi connectivity index (χ0) is 21.5. The summed E-state index contributed by atoms with van der Waals surface area (Å²) in [7, 11) is 0. The van der Waals surface area contributed by atoms with Crippen molar-refractivity contribution in [1.29, 1.82) is 0 Å². The fourth-order valence-corrected chi connectivity index (χ4v) is 3.76. The summed E-state index contributed by atoms with van der Waals surface area (Å²) in [6.07, 6.45) is 4.89. The van der Waals surface area contributed by atoms with Gasteiger partial charge in [0.25, 0.3) is 5.91 Å². The third kappa shape index (κ3) is 5.44. The maximum atomic E-state index is 12.3. The fourth-order valence-electron chi connectivity index (χ4n) is 2.75. The van der Waals surface area contributed by atoms with Crippen LogP contribution >= 0.6 is 27.7 Å². The zero-order valence-corrected chi connectivity index (χ0v) is 18.6. The molecular weight excluding hydrogens is 476 g/mol. The molecule has 0 saturated carbocycles. The van der Waals surface area contributed by atoms with Gasteiger partial charge in [-0.1, -0.05) is 64.1 Å². The first-order valence-corrected chi connectivity index (χ1v) is 11.1. The van der Waals surface area contributed by atoms with Crippen molar-refractivity contribution >= 4 is 39.8 Å². The van der Waals surface area contributed by atoms with Gasteiger partial charge in [-0.3, -0.25) is 14.3 Å². The van der Waals surface area contributed by atoms with Crippen LogP contribution in [0, 0.1) is 0 Å². The van der Waals surface area contributed by atoms with Gasteiger partial charge in [-0.25, -0.2) is 5.43 Å². The van der Waals surface area contributed by atoms with Gasteiger partial charge < -0.3 is 0 Å². The summed E-state index contributed by atoms with van der Waals surface area (Å²) in [6.45, 7) is 0. The van der Waals surface area contributed by atoms with Crippen molar-refractivity contribution in [2.75, 3.05) is 5.75 Å². The Balaban J connectivity index is 1.51. The van der Waals surface area contributed by atoms with Gasteiger partial charge in [0, 0.05) is 33.7 Å². The lowest BCUT2D eigenvalue weighted by atomic mass is 10.2. The average Bonchev–Trinajstić information content (AvgIpc) is 3.23. The molecule has 0 aliphatic carbocycles. The van der Waals surface area contributed by atoms with E-state index in [1.807, 2.05) is 65.2 Å². The van der Waals surface area contributed by atoms with E-state index in [1.54, 1.807) is 24.7 Å². The number of aromatic nitrogens is 4. The van der Waals surface area contributed by atoms with Crippen molar-refractivity contribution in [3.8, 4) is 17.1 Å². The van der Waals surface area contributed by atoms with Gasteiger partial charge in [-0.2, -0.15) is 5.10 Å². The van der Waals surface area contributed by atoms with Gasteiger partial charge in [0.15, 0.2) is 11.0 Å². The minimum atomic E-state index is -0.239. The average molecular weight is 493 g/mol. The van der Waals surface area contributed by atoms with E-state index in [1.165, 1.54) is 11.8 Å². The minimum Gasteiger partial charge on any atom is -0.272 e. The van der Waals surface area contributed by atoms with Gasteiger partial charge in [0.2, 0.25) is 0 Å². The first kappa shape index (κ1) is 21.0. The third-order valence-corrected chi connectivity index (χ3v) is 5.63. The molecule has 4 aromatic rings. The first-order valence-electron chi connectivity index (χ1n) is 9.32. The van der Waals surface area contributed by atoms with Crippen molar-refractivity contribution in [2.45, 2.75) is 5.16 Å². The molecule has 2 aromatic carbocycles. The monoisotopic (exact) mass is 492 g/mol. The van der Waals surface area contributed by atoms with Crippen LogP contribution in [-0.4, -0.2) is 37.6 Å². The lowest BCUT2D eigenvalue weighted by molar-refractivity contribution is -0.118. The number of rotatable bonds is 7. The maximum Gasteiger partial charge on any atom is 0.250 e. The molecule has 0 atom stereocenters. The Hall–Kier alpha value is -3.30. The summed E-state index contributed by atoms with van der Waals surface area (Å²) in [5, 5.41) is 13.3. The molecule has 0 aliphatic rings. The SMILES string of the molecule is O=C(CSc1nnc(-c2ccccc2)n1-c1ccc(Br)cc1)NN=Cc1cccnc1. The maximum absolute atomic E-state index is 12.3. The van der Waals surface area contributed by atoms with E-state index in [0.717, 1.165) is 21.3 Å². The number of halogens is 1. The Morgan fingerprint density at radius 2 is 1.87 bits per heavy atom. The number of nitrogens with zero attached hydrogens (tertiary/aromatic N) is 5. The van der Waals surface area contributed by atoms with Gasteiger partial charge in [-0.05, 0) is 30.3 Å². The summed E-state index contributed by atoms with van der Waals surface area (Å²) in [4.78, 5) is 16.3. The van der Waals surface area contributed by atoms with E-state index in [0.29, 0.717) is 11.0 Å². The highest BCUT2D eigenvalue weighted by Crippen LogP contribution is 2.28. The van der Waals surface area contributed by atoms with Crippen molar-refractivity contribution in [3.63, 3.8) is 0 Å². The van der Waals surface area contributed by atoms with Crippen LogP contribution in [-0.2, 0) is 4.79 Å². The van der Waals surface area contributed by atoms with Crippen LogP contribution in [0.25, 0.3) is 17.1 Å². The van der Waals surface area contributed by atoms with Crippen LogP contribution in [0.15, 0.2) is 93.9 Å². The molecule has 0 fully saturated rings. The Morgan fingerprint density at radius 1 is 1.06 bits per heavy atom. The number of carbonyl (C=O) groups excluding carboxylic acids is 1. The molecule has 2 aromatic heterocycles. The molecular formula is C22H17BrN6OS. The highest BCUT2D eigenvalue weighted by Gasteiger charge is 2.17. The summed E-state index contributed by atoms with van der Waals surface area (Å²) >= 11 is 4.76. The molecule has 0 aliphatic heterocycles. The number of carbonyl (C=O) groups is 1. The highest BCUT2D eigenvalue weighted by atomic mass is 79.9. The normalized spacial score (nSPS) is 11.0. The number of pyridine rings is 1. The number of nitrogens with one attached hydrogen (secondary N) is 1. The van der Waals surface area contributed by atoms with E-state index in [4.69, 9.17) is 0 Å². The van der Waals surface area contributed by atoms with E-state index in [-0.39, 0.29) is 11.7 Å². The lowest BCUT2D eigenvalue weighted by Gasteiger charge is -2.10. The number of amides is 1. The van der Waals surface area contributed by atoms with Crippen molar-refractivity contribution in [2.24, 2.45) is 5.10 Å². The van der Waals surface area contributed by atoms with Gasteiger partial charge in [-0.15, -0.1) is 10.2 Å². The number of hydrogen-bond donors (Lipinski definition) is 1. The summed E-state index contributed by atoms with van der Waals surface area (Å²) < 4.78 is 2.92. The summed E-state index contributed by atoms with van der Waals surface area (Å²) in [6, 6.07) is 21.3. The van der Waals surface area contributed by atoms with E-state index >= 15 is 0 Å². The lowest BCUT2D eigenvalue weighted by Crippen LogP contribution is -2.20. The largest absolute Gasteiger partial charge is 0.272 e. The molecule has 0 bridgehead atoms. The highest BCUT2D eigenvalue weighted by molar-refractivity contribution is 9.10. The molecule has 0 radical (unpaired) electrons. The summed E-state index contributed by atoms with van der Waals surface area (Å²) in [5.41, 5.74) is 5.18. The topological polar surface area (TPSA) is 85.1 Å². The molecule has 0 saturated heterocycles. The van der Waals surface area contributed by atoms with Gasteiger partial charge in [0.05, 0.1) is 12.0 Å². The quantitative estimate of drug-likeness (QED) is 0.235. The van der Waals surface area contributed by atoms with Crippen molar-refractivity contribution in [3.05, 3.63) is 89.2 Å². The molecule has 0 spiro atoms. The van der Waals surface area contributed by atoms with Crippen LogP contribution in [0.4, 0.5) is 0 Å². The molecule has 2 heterocycles. The van der Waals surface area contributed by atoms with Crippen molar-refractivity contribution in [1.82, 2.24) is 25.2 Å². The van der Waals surface area contributed by atoms with Crippen LogP contribution in [0.2, 0.25) is 0 Å². The molecule has 1 N–H and O–H groups in total. The molecule has 4 rings (SSSR count). The second-order valence-electron chi connectivity index (χ2n) is 6.35. The third-order valence-electron chi connectivity index (χ3n) is 4.17. The zero-order valence-electron chi connectivity index (χ0n) is 16.2. The summed E-state index contributed by atoms with van der Waals surface area (Å²) in [5.74, 6) is 0.616. The van der Waals surface area contributed by atoms with Crippen LogP contribution in [0.5, 0.6) is 0 Å². The minimum absolute atomic E-state index is 0.147. The molecule has 0 unspecified atom stereocenters. The molecule has 154 valence electrons. The Kier molecular flexibility index (Phi) is 6.85.